The number of rotatable bonds is 7. The van der Waals surface area contributed by atoms with Gasteiger partial charge in [-0.25, -0.2) is 0 Å². The second kappa shape index (κ2) is 9.89. The molecule has 0 atom stereocenters. The normalized spacial score (nSPS) is 14.7. The molecule has 0 saturated carbocycles. The average Bonchev–Trinajstić information content (AvgIpc) is 3.07. The van der Waals surface area contributed by atoms with Gasteiger partial charge < -0.3 is 4.74 Å². The van der Waals surface area contributed by atoms with Crippen molar-refractivity contribution in [2.75, 3.05) is 0 Å². The Kier molecular flexibility index (Phi) is 6.76. The Balaban J connectivity index is 1.50. The molecule has 166 valence electrons. The monoisotopic (exact) mass is 480 g/mol. The zero-order valence-corrected chi connectivity index (χ0v) is 18.7. The third-order valence-electron chi connectivity index (χ3n) is 4.91. The van der Waals surface area contributed by atoms with Crippen LogP contribution in [0.15, 0.2) is 77.7 Å². The second-order valence-corrected chi connectivity index (χ2v) is 8.51. The number of hydrogen-bond donors (Lipinski definition) is 0. The van der Waals surface area contributed by atoms with Crippen LogP contribution in [0.3, 0.4) is 0 Å². The van der Waals surface area contributed by atoms with Gasteiger partial charge >= 0.3 is 0 Å². The van der Waals surface area contributed by atoms with Gasteiger partial charge in [0.25, 0.3) is 16.8 Å². The van der Waals surface area contributed by atoms with E-state index in [9.17, 15) is 19.7 Å². The molecule has 1 fully saturated rings. The molecule has 1 saturated heterocycles. The maximum absolute atomic E-state index is 12.9. The summed E-state index contributed by atoms with van der Waals surface area (Å²) in [6, 6.07) is 20.3. The fourth-order valence-corrected chi connectivity index (χ4v) is 4.20. The van der Waals surface area contributed by atoms with Crippen molar-refractivity contribution in [2.24, 2.45) is 0 Å². The van der Waals surface area contributed by atoms with Gasteiger partial charge in [-0.15, -0.1) is 0 Å². The fourth-order valence-electron chi connectivity index (χ4n) is 3.19. The molecule has 0 N–H and O–H groups in total. The van der Waals surface area contributed by atoms with Crippen LogP contribution in [-0.4, -0.2) is 21.0 Å². The van der Waals surface area contributed by atoms with Gasteiger partial charge in [-0.05, 0) is 35.5 Å². The van der Waals surface area contributed by atoms with E-state index < -0.39 is 16.1 Å². The number of hydrogen-bond acceptors (Lipinski definition) is 6. The molecule has 3 aromatic rings. The number of amides is 2. The van der Waals surface area contributed by atoms with Crippen molar-refractivity contribution in [1.29, 1.82) is 0 Å². The molecule has 0 radical (unpaired) electrons. The van der Waals surface area contributed by atoms with Crippen molar-refractivity contribution in [3.05, 3.63) is 110 Å². The predicted molar refractivity (Wildman–Crippen MR) is 127 cm³/mol. The van der Waals surface area contributed by atoms with Crippen LogP contribution in [0.25, 0.3) is 6.08 Å². The Hall–Kier alpha value is -3.62. The summed E-state index contributed by atoms with van der Waals surface area (Å²) in [5.74, 6) is 0.129. The van der Waals surface area contributed by atoms with E-state index in [1.807, 2.05) is 30.3 Å². The van der Waals surface area contributed by atoms with Crippen molar-refractivity contribution in [1.82, 2.24) is 4.90 Å². The highest BCUT2D eigenvalue weighted by molar-refractivity contribution is 8.18. The number of halogens is 1. The highest BCUT2D eigenvalue weighted by Crippen LogP contribution is 2.35. The lowest BCUT2D eigenvalue weighted by molar-refractivity contribution is -0.384. The van der Waals surface area contributed by atoms with E-state index in [4.69, 9.17) is 16.3 Å². The Morgan fingerprint density at radius 1 is 1.00 bits per heavy atom. The Morgan fingerprint density at radius 2 is 1.70 bits per heavy atom. The van der Waals surface area contributed by atoms with Gasteiger partial charge in [0.15, 0.2) is 0 Å². The minimum atomic E-state index is -0.502. The van der Waals surface area contributed by atoms with Gasteiger partial charge in [-0.3, -0.25) is 24.6 Å². The zero-order valence-electron chi connectivity index (χ0n) is 17.1. The summed E-state index contributed by atoms with van der Waals surface area (Å²) >= 11 is 7.04. The molecule has 7 nitrogen and oxygen atoms in total. The van der Waals surface area contributed by atoms with Gasteiger partial charge in [0, 0.05) is 28.3 Å². The highest BCUT2D eigenvalue weighted by atomic mass is 35.5. The van der Waals surface area contributed by atoms with E-state index in [0.29, 0.717) is 21.9 Å². The molecule has 33 heavy (non-hydrogen) atoms. The summed E-state index contributed by atoms with van der Waals surface area (Å²) in [6.45, 7) is 0.288. The third kappa shape index (κ3) is 5.24. The number of ether oxygens (including phenoxy) is 1. The number of carbonyl (C=O) groups excluding carboxylic acids is 2. The molecule has 0 aromatic heterocycles. The van der Waals surface area contributed by atoms with Crippen molar-refractivity contribution >= 4 is 46.3 Å². The molecular formula is C24H17ClN2O5S. The molecule has 2 amide bonds. The fraction of sp³-hybridized carbons (Fsp3) is 0.0833. The van der Waals surface area contributed by atoms with Crippen molar-refractivity contribution in [2.45, 2.75) is 13.2 Å². The molecule has 1 heterocycles. The number of imide groups is 1. The van der Waals surface area contributed by atoms with Crippen LogP contribution in [-0.2, 0) is 17.9 Å². The van der Waals surface area contributed by atoms with E-state index >= 15 is 0 Å². The molecule has 0 unspecified atom stereocenters. The van der Waals surface area contributed by atoms with E-state index in [0.717, 1.165) is 22.2 Å². The summed E-state index contributed by atoms with van der Waals surface area (Å²) < 4.78 is 5.93. The number of nitro benzene ring substituents is 1. The van der Waals surface area contributed by atoms with E-state index in [1.54, 1.807) is 24.3 Å². The summed E-state index contributed by atoms with van der Waals surface area (Å²) in [4.78, 5) is 37.1. The first-order valence-electron chi connectivity index (χ1n) is 9.86. The quantitative estimate of drug-likeness (QED) is 0.232. The second-order valence-electron chi connectivity index (χ2n) is 7.11. The number of para-hydroxylation sites is 1. The number of benzene rings is 3. The molecular weight excluding hydrogens is 464 g/mol. The lowest BCUT2D eigenvalue weighted by Gasteiger charge is -2.12. The van der Waals surface area contributed by atoms with E-state index in [-0.39, 0.29) is 23.7 Å². The van der Waals surface area contributed by atoms with Crippen LogP contribution >= 0.6 is 23.4 Å². The van der Waals surface area contributed by atoms with Gasteiger partial charge in [0.2, 0.25) is 0 Å². The summed E-state index contributed by atoms with van der Waals surface area (Å²) in [6.07, 6.45) is 1.63. The Morgan fingerprint density at radius 3 is 2.42 bits per heavy atom. The van der Waals surface area contributed by atoms with Gasteiger partial charge in [0.05, 0.1) is 16.4 Å². The number of nitrogens with zero attached hydrogens (tertiary/aromatic N) is 2. The zero-order chi connectivity index (χ0) is 23.4. The first-order chi connectivity index (χ1) is 15.9. The van der Waals surface area contributed by atoms with Crippen LogP contribution in [0.4, 0.5) is 10.5 Å². The van der Waals surface area contributed by atoms with Gasteiger partial charge in [-0.1, -0.05) is 60.1 Å². The van der Waals surface area contributed by atoms with Gasteiger partial charge in [-0.2, -0.15) is 0 Å². The smallest absolute Gasteiger partial charge is 0.293 e. The molecule has 9 heteroatoms. The maximum atomic E-state index is 12.9. The minimum Gasteiger partial charge on any atom is -0.488 e. The third-order valence-corrected chi connectivity index (χ3v) is 6.18. The number of carbonyl (C=O) groups is 2. The SMILES string of the molecule is O=C1S/C(=C\c2ccccc2OCc2ccccc2Cl)C(=O)N1Cc1ccc([N+](=O)[O-])cc1. The Bertz CT molecular complexity index is 1260. The Labute approximate surface area is 198 Å². The van der Waals surface area contributed by atoms with Crippen LogP contribution < -0.4 is 4.74 Å². The van der Waals surface area contributed by atoms with Crippen LogP contribution in [0, 0.1) is 10.1 Å². The largest absolute Gasteiger partial charge is 0.488 e. The molecule has 0 spiro atoms. The average molecular weight is 481 g/mol. The minimum absolute atomic E-state index is 0.0324. The first kappa shape index (κ1) is 22.6. The van der Waals surface area contributed by atoms with Crippen molar-refractivity contribution < 1.29 is 19.2 Å². The van der Waals surface area contributed by atoms with Crippen LogP contribution in [0.5, 0.6) is 5.75 Å². The summed E-state index contributed by atoms with van der Waals surface area (Å²) in [5.41, 5.74) is 2.05. The molecule has 0 aliphatic carbocycles. The molecule has 1 aliphatic rings. The molecule has 4 rings (SSSR count). The number of nitro groups is 1. The number of thioether (sulfide) groups is 1. The summed E-state index contributed by atoms with van der Waals surface area (Å²) in [7, 11) is 0. The summed E-state index contributed by atoms with van der Waals surface area (Å²) in [5, 5.41) is 11.0. The number of non-ortho nitro benzene ring substituents is 1. The molecule has 3 aromatic carbocycles. The van der Waals surface area contributed by atoms with E-state index in [2.05, 4.69) is 0 Å². The predicted octanol–water partition coefficient (Wildman–Crippen LogP) is 6.06. The highest BCUT2D eigenvalue weighted by Gasteiger charge is 2.35. The van der Waals surface area contributed by atoms with Gasteiger partial charge in [0.1, 0.15) is 12.4 Å². The topological polar surface area (TPSA) is 89.8 Å². The molecule has 0 bridgehead atoms. The lowest BCUT2D eigenvalue weighted by Crippen LogP contribution is -2.27. The molecule has 1 aliphatic heterocycles. The van der Waals surface area contributed by atoms with Crippen LogP contribution in [0.2, 0.25) is 5.02 Å². The maximum Gasteiger partial charge on any atom is 0.293 e. The first-order valence-corrected chi connectivity index (χ1v) is 11.1. The van der Waals surface area contributed by atoms with E-state index in [1.165, 1.54) is 24.3 Å². The van der Waals surface area contributed by atoms with Crippen molar-refractivity contribution in [3.8, 4) is 5.75 Å². The van der Waals surface area contributed by atoms with Crippen molar-refractivity contribution in [3.63, 3.8) is 0 Å². The standard InChI is InChI=1S/C24H17ClN2O5S/c25-20-7-3-1-6-18(20)15-32-21-8-4-2-5-17(21)13-22-23(28)26(24(29)33-22)14-16-9-11-19(12-10-16)27(30)31/h1-13H,14-15H2/b22-13-. The lowest BCUT2D eigenvalue weighted by atomic mass is 10.1. The van der Waals surface area contributed by atoms with Crippen LogP contribution in [0.1, 0.15) is 16.7 Å².